The Bertz CT molecular complexity index is 473. The van der Waals surface area contributed by atoms with Crippen molar-refractivity contribution >= 4 is 0 Å². The van der Waals surface area contributed by atoms with E-state index in [2.05, 4.69) is 5.32 Å². The molecule has 2 rings (SSSR count). The SMILES string of the molecule is OC1(CNCc2cccc(OCC(F)(F)F)c2)CCOCC1. The van der Waals surface area contributed by atoms with Crippen LogP contribution in [-0.2, 0) is 11.3 Å². The van der Waals surface area contributed by atoms with Crippen LogP contribution in [0, 0.1) is 0 Å². The maximum absolute atomic E-state index is 12.1. The highest BCUT2D eigenvalue weighted by atomic mass is 19.4. The summed E-state index contributed by atoms with van der Waals surface area (Å²) in [5.74, 6) is 0.182. The molecule has 7 heteroatoms. The number of hydrogen-bond donors (Lipinski definition) is 2. The topological polar surface area (TPSA) is 50.7 Å². The molecule has 22 heavy (non-hydrogen) atoms. The Morgan fingerprint density at radius 1 is 1.27 bits per heavy atom. The molecule has 1 aliphatic heterocycles. The Balaban J connectivity index is 1.80. The number of halogens is 3. The summed E-state index contributed by atoms with van der Waals surface area (Å²) in [5, 5.41) is 13.4. The van der Waals surface area contributed by atoms with E-state index < -0.39 is 18.4 Å². The molecule has 1 heterocycles. The third-order valence-electron chi connectivity index (χ3n) is 3.51. The Kier molecular flexibility index (Phi) is 5.66. The van der Waals surface area contributed by atoms with Gasteiger partial charge in [0, 0.05) is 39.1 Å². The maximum Gasteiger partial charge on any atom is 0.422 e. The van der Waals surface area contributed by atoms with Gasteiger partial charge in [-0.25, -0.2) is 0 Å². The summed E-state index contributed by atoms with van der Waals surface area (Å²) in [4.78, 5) is 0. The van der Waals surface area contributed by atoms with E-state index in [0.29, 0.717) is 39.1 Å². The molecule has 2 N–H and O–H groups in total. The van der Waals surface area contributed by atoms with Crippen molar-refractivity contribution in [3.63, 3.8) is 0 Å². The van der Waals surface area contributed by atoms with Gasteiger partial charge in [0.2, 0.25) is 0 Å². The zero-order valence-electron chi connectivity index (χ0n) is 12.2. The predicted octanol–water partition coefficient (Wildman–Crippen LogP) is 2.26. The lowest BCUT2D eigenvalue weighted by Crippen LogP contribution is -2.44. The van der Waals surface area contributed by atoms with Crippen LogP contribution in [0.3, 0.4) is 0 Å². The van der Waals surface area contributed by atoms with Crippen molar-refractivity contribution in [1.29, 1.82) is 0 Å². The Hall–Kier alpha value is -1.31. The Morgan fingerprint density at radius 2 is 2.00 bits per heavy atom. The quantitative estimate of drug-likeness (QED) is 0.844. The molecular formula is C15H20F3NO3. The number of nitrogens with one attached hydrogen (secondary N) is 1. The van der Waals surface area contributed by atoms with Gasteiger partial charge in [-0.2, -0.15) is 13.2 Å². The van der Waals surface area contributed by atoms with Crippen LogP contribution in [-0.4, -0.2) is 43.2 Å². The molecule has 1 aromatic carbocycles. The van der Waals surface area contributed by atoms with Gasteiger partial charge in [-0.15, -0.1) is 0 Å². The third-order valence-corrected chi connectivity index (χ3v) is 3.51. The van der Waals surface area contributed by atoms with Gasteiger partial charge in [-0.05, 0) is 17.7 Å². The minimum absolute atomic E-state index is 0.182. The number of rotatable bonds is 6. The summed E-state index contributed by atoms with van der Waals surface area (Å²) in [5.41, 5.74) is 0.0261. The first-order chi connectivity index (χ1) is 10.4. The number of benzene rings is 1. The van der Waals surface area contributed by atoms with Gasteiger partial charge in [0.25, 0.3) is 0 Å². The van der Waals surface area contributed by atoms with E-state index in [1.54, 1.807) is 18.2 Å². The molecule has 1 aromatic rings. The van der Waals surface area contributed by atoms with Gasteiger partial charge in [-0.3, -0.25) is 0 Å². The fourth-order valence-corrected chi connectivity index (χ4v) is 2.28. The lowest BCUT2D eigenvalue weighted by molar-refractivity contribution is -0.153. The summed E-state index contributed by atoms with van der Waals surface area (Å²) in [6, 6.07) is 6.49. The smallest absolute Gasteiger partial charge is 0.422 e. The number of aliphatic hydroxyl groups is 1. The van der Waals surface area contributed by atoms with E-state index in [1.807, 2.05) is 0 Å². The zero-order valence-corrected chi connectivity index (χ0v) is 12.2. The van der Waals surface area contributed by atoms with Gasteiger partial charge in [0.1, 0.15) is 5.75 Å². The van der Waals surface area contributed by atoms with Crippen molar-refractivity contribution in [2.45, 2.75) is 31.2 Å². The van der Waals surface area contributed by atoms with Crippen LogP contribution < -0.4 is 10.1 Å². The van der Waals surface area contributed by atoms with Gasteiger partial charge in [0.15, 0.2) is 6.61 Å². The molecule has 0 atom stereocenters. The van der Waals surface area contributed by atoms with Crippen molar-refractivity contribution in [3.05, 3.63) is 29.8 Å². The Morgan fingerprint density at radius 3 is 2.68 bits per heavy atom. The molecule has 0 aliphatic carbocycles. The lowest BCUT2D eigenvalue weighted by atomic mass is 9.94. The third kappa shape index (κ3) is 5.82. The van der Waals surface area contributed by atoms with E-state index in [4.69, 9.17) is 9.47 Å². The summed E-state index contributed by atoms with van der Waals surface area (Å²) < 4.78 is 46.3. The first-order valence-corrected chi connectivity index (χ1v) is 7.16. The maximum atomic E-state index is 12.1. The van der Waals surface area contributed by atoms with Crippen LogP contribution in [0.4, 0.5) is 13.2 Å². The zero-order chi connectivity index (χ0) is 16.1. The van der Waals surface area contributed by atoms with E-state index in [-0.39, 0.29) is 5.75 Å². The van der Waals surface area contributed by atoms with Crippen molar-refractivity contribution in [1.82, 2.24) is 5.32 Å². The molecule has 1 fully saturated rings. The number of ether oxygens (including phenoxy) is 2. The van der Waals surface area contributed by atoms with Gasteiger partial charge in [-0.1, -0.05) is 12.1 Å². The summed E-state index contributed by atoms with van der Waals surface area (Å²) >= 11 is 0. The molecule has 0 saturated carbocycles. The second-order valence-electron chi connectivity index (χ2n) is 5.49. The highest BCUT2D eigenvalue weighted by Gasteiger charge is 2.29. The molecule has 4 nitrogen and oxygen atoms in total. The second-order valence-corrected chi connectivity index (χ2v) is 5.49. The van der Waals surface area contributed by atoms with E-state index in [0.717, 1.165) is 5.56 Å². The fraction of sp³-hybridized carbons (Fsp3) is 0.600. The summed E-state index contributed by atoms with van der Waals surface area (Å²) in [6.07, 6.45) is -3.19. The number of alkyl halides is 3. The molecule has 0 aromatic heterocycles. The van der Waals surface area contributed by atoms with Crippen molar-refractivity contribution < 1.29 is 27.8 Å². The lowest BCUT2D eigenvalue weighted by Gasteiger charge is -2.32. The summed E-state index contributed by atoms with van der Waals surface area (Å²) in [6.45, 7) is 0.651. The first-order valence-electron chi connectivity index (χ1n) is 7.16. The van der Waals surface area contributed by atoms with Gasteiger partial charge < -0.3 is 19.9 Å². The number of hydrogen-bond acceptors (Lipinski definition) is 4. The molecule has 124 valence electrons. The van der Waals surface area contributed by atoms with Crippen LogP contribution in [0.15, 0.2) is 24.3 Å². The van der Waals surface area contributed by atoms with Gasteiger partial charge in [0.05, 0.1) is 5.60 Å². The first kappa shape index (κ1) is 17.1. The van der Waals surface area contributed by atoms with Crippen LogP contribution >= 0.6 is 0 Å². The van der Waals surface area contributed by atoms with Crippen molar-refractivity contribution in [3.8, 4) is 5.75 Å². The standard InChI is InChI=1S/C15H20F3NO3/c16-15(17,18)11-22-13-3-1-2-12(8-13)9-19-10-14(20)4-6-21-7-5-14/h1-3,8,19-20H,4-7,9-11H2. The Labute approximate surface area is 127 Å². The minimum atomic E-state index is -4.35. The highest BCUT2D eigenvalue weighted by Crippen LogP contribution is 2.21. The normalized spacial score (nSPS) is 18.2. The molecular weight excluding hydrogens is 299 g/mol. The monoisotopic (exact) mass is 319 g/mol. The molecule has 0 radical (unpaired) electrons. The molecule has 1 aliphatic rings. The summed E-state index contributed by atoms with van der Waals surface area (Å²) in [7, 11) is 0. The molecule has 0 amide bonds. The molecule has 0 spiro atoms. The predicted molar refractivity (Wildman–Crippen MR) is 74.7 cm³/mol. The molecule has 0 unspecified atom stereocenters. The average Bonchev–Trinajstić information content (AvgIpc) is 2.45. The van der Waals surface area contributed by atoms with Crippen LogP contribution in [0.5, 0.6) is 5.75 Å². The minimum Gasteiger partial charge on any atom is -0.484 e. The van der Waals surface area contributed by atoms with E-state index in [1.165, 1.54) is 6.07 Å². The van der Waals surface area contributed by atoms with Crippen molar-refractivity contribution in [2.24, 2.45) is 0 Å². The van der Waals surface area contributed by atoms with Crippen LogP contribution in [0.2, 0.25) is 0 Å². The van der Waals surface area contributed by atoms with Crippen LogP contribution in [0.25, 0.3) is 0 Å². The average molecular weight is 319 g/mol. The van der Waals surface area contributed by atoms with Crippen LogP contribution in [0.1, 0.15) is 18.4 Å². The molecule has 1 saturated heterocycles. The second kappa shape index (κ2) is 7.30. The van der Waals surface area contributed by atoms with E-state index in [9.17, 15) is 18.3 Å². The highest BCUT2D eigenvalue weighted by molar-refractivity contribution is 5.28. The molecule has 0 bridgehead atoms. The van der Waals surface area contributed by atoms with Crippen molar-refractivity contribution in [2.75, 3.05) is 26.4 Å². The van der Waals surface area contributed by atoms with E-state index >= 15 is 0 Å². The largest absolute Gasteiger partial charge is 0.484 e. The fourth-order valence-electron chi connectivity index (χ4n) is 2.28. The van der Waals surface area contributed by atoms with Gasteiger partial charge >= 0.3 is 6.18 Å².